The Hall–Kier alpha value is -2.82. The molecular formula is C22H28N4O. The molecule has 0 fully saturated rings. The van der Waals surface area contributed by atoms with Crippen molar-refractivity contribution in [1.29, 1.82) is 0 Å². The summed E-state index contributed by atoms with van der Waals surface area (Å²) in [6, 6.07) is 16.7. The van der Waals surface area contributed by atoms with Gasteiger partial charge in [-0.15, -0.1) is 0 Å². The Labute approximate surface area is 161 Å². The van der Waals surface area contributed by atoms with Crippen molar-refractivity contribution < 1.29 is 4.79 Å². The fourth-order valence-electron chi connectivity index (χ4n) is 3.23. The number of hydrogen-bond acceptors (Lipinski definition) is 2. The molecule has 0 radical (unpaired) electrons. The summed E-state index contributed by atoms with van der Waals surface area (Å²) in [6.07, 6.45) is 1.34. The molecule has 5 heteroatoms. The summed E-state index contributed by atoms with van der Waals surface area (Å²) in [7, 11) is 1.76. The van der Waals surface area contributed by atoms with Gasteiger partial charge in [0.1, 0.15) is 0 Å². The first-order chi connectivity index (χ1) is 13.2. The topological polar surface area (TPSA) is 56.7 Å². The number of guanidine groups is 1. The third-order valence-electron chi connectivity index (χ3n) is 4.86. The lowest BCUT2D eigenvalue weighted by Crippen LogP contribution is -2.37. The van der Waals surface area contributed by atoms with Crippen LogP contribution in [0.5, 0.6) is 0 Å². The Morgan fingerprint density at radius 2 is 1.70 bits per heavy atom. The fraction of sp³-hybridized carbons (Fsp3) is 0.364. The van der Waals surface area contributed by atoms with Gasteiger partial charge in [0.2, 0.25) is 5.91 Å². The Balaban J connectivity index is 1.35. The average Bonchev–Trinajstić information content (AvgIpc) is 3.13. The van der Waals surface area contributed by atoms with Crippen LogP contribution in [-0.4, -0.2) is 30.4 Å². The molecule has 1 amide bonds. The maximum absolute atomic E-state index is 12.4. The zero-order valence-electron chi connectivity index (χ0n) is 16.2. The number of nitrogens with zero attached hydrogens (tertiary/aromatic N) is 2. The van der Waals surface area contributed by atoms with Crippen LogP contribution in [0.2, 0.25) is 0 Å². The number of rotatable bonds is 6. The van der Waals surface area contributed by atoms with Crippen molar-refractivity contribution in [3.63, 3.8) is 0 Å². The number of hydrogen-bond donors (Lipinski definition) is 2. The van der Waals surface area contributed by atoms with Crippen LogP contribution in [0.25, 0.3) is 0 Å². The van der Waals surface area contributed by atoms with E-state index in [1.807, 2.05) is 17.0 Å². The second kappa shape index (κ2) is 9.21. The summed E-state index contributed by atoms with van der Waals surface area (Å²) >= 11 is 0. The lowest BCUT2D eigenvalue weighted by Gasteiger charge is -2.16. The van der Waals surface area contributed by atoms with Crippen LogP contribution < -0.4 is 10.6 Å². The second-order valence-corrected chi connectivity index (χ2v) is 6.96. The molecule has 0 unspecified atom stereocenters. The fourth-order valence-corrected chi connectivity index (χ4v) is 3.23. The molecule has 1 heterocycles. The van der Waals surface area contributed by atoms with E-state index >= 15 is 0 Å². The van der Waals surface area contributed by atoms with E-state index in [0.29, 0.717) is 6.42 Å². The number of aryl methyl sites for hydroxylation is 1. The first-order valence-electron chi connectivity index (χ1n) is 9.50. The van der Waals surface area contributed by atoms with Crippen molar-refractivity contribution in [3.8, 4) is 0 Å². The van der Waals surface area contributed by atoms with E-state index < -0.39 is 0 Å². The van der Waals surface area contributed by atoms with Gasteiger partial charge in [-0.2, -0.15) is 0 Å². The first kappa shape index (κ1) is 19.0. The van der Waals surface area contributed by atoms with E-state index in [1.54, 1.807) is 7.05 Å². The minimum Gasteiger partial charge on any atom is -0.356 e. The zero-order valence-corrected chi connectivity index (χ0v) is 16.2. The molecule has 0 bridgehead atoms. The molecule has 27 heavy (non-hydrogen) atoms. The Morgan fingerprint density at radius 3 is 2.33 bits per heavy atom. The molecule has 2 N–H and O–H groups in total. The van der Waals surface area contributed by atoms with Gasteiger partial charge in [0.05, 0.1) is 0 Å². The summed E-state index contributed by atoms with van der Waals surface area (Å²) in [4.78, 5) is 18.6. The molecule has 1 aliphatic rings. The van der Waals surface area contributed by atoms with Gasteiger partial charge >= 0.3 is 0 Å². The number of amides is 1. The van der Waals surface area contributed by atoms with Gasteiger partial charge < -0.3 is 15.5 Å². The first-order valence-corrected chi connectivity index (χ1v) is 9.50. The summed E-state index contributed by atoms with van der Waals surface area (Å²) in [6.45, 7) is 5.01. The largest absolute Gasteiger partial charge is 0.356 e. The van der Waals surface area contributed by atoms with Crippen molar-refractivity contribution in [1.82, 2.24) is 15.5 Å². The van der Waals surface area contributed by atoms with Crippen LogP contribution in [0.3, 0.4) is 0 Å². The van der Waals surface area contributed by atoms with Crippen LogP contribution in [0.1, 0.15) is 35.1 Å². The van der Waals surface area contributed by atoms with Gasteiger partial charge in [-0.3, -0.25) is 9.79 Å². The van der Waals surface area contributed by atoms with Crippen molar-refractivity contribution in [2.75, 3.05) is 13.6 Å². The third-order valence-corrected chi connectivity index (χ3v) is 4.86. The molecule has 142 valence electrons. The van der Waals surface area contributed by atoms with Crippen molar-refractivity contribution >= 4 is 11.9 Å². The molecule has 0 saturated carbocycles. The van der Waals surface area contributed by atoms with Crippen molar-refractivity contribution in [2.24, 2.45) is 4.99 Å². The van der Waals surface area contributed by atoms with Crippen molar-refractivity contribution in [2.45, 2.75) is 39.4 Å². The number of benzene rings is 2. The number of carbonyl (C=O) groups excluding carboxylic acids is 1. The number of aliphatic imine (C=N–C) groups is 1. The highest BCUT2D eigenvalue weighted by Gasteiger charge is 2.22. The Kier molecular flexibility index (Phi) is 6.47. The third kappa shape index (κ3) is 5.33. The number of fused-ring (bicyclic) bond motifs is 1. The molecule has 0 atom stereocenters. The standard InChI is InChI=1S/C22H28N4O/c1-17-9-11-18(12-10-17)14-25-22(23-2)24-13-5-8-21(27)26-15-19-6-3-4-7-20(19)16-26/h3-4,6-7,9-12H,5,8,13-16H2,1-2H3,(H2,23,24,25). The molecule has 3 rings (SSSR count). The molecule has 0 aliphatic carbocycles. The lowest BCUT2D eigenvalue weighted by molar-refractivity contribution is -0.131. The predicted molar refractivity (Wildman–Crippen MR) is 109 cm³/mol. The normalized spacial score (nSPS) is 13.4. The monoisotopic (exact) mass is 364 g/mol. The van der Waals surface area contributed by atoms with E-state index in [0.717, 1.165) is 38.6 Å². The Bertz CT molecular complexity index is 773. The SMILES string of the molecule is CN=C(NCCCC(=O)N1Cc2ccccc2C1)NCc1ccc(C)cc1. The summed E-state index contributed by atoms with van der Waals surface area (Å²) < 4.78 is 0. The molecular weight excluding hydrogens is 336 g/mol. The summed E-state index contributed by atoms with van der Waals surface area (Å²) in [5.41, 5.74) is 5.01. The molecule has 2 aromatic carbocycles. The van der Waals surface area contributed by atoms with Crippen LogP contribution in [0.15, 0.2) is 53.5 Å². The van der Waals surface area contributed by atoms with Crippen LogP contribution in [0.4, 0.5) is 0 Å². The predicted octanol–water partition coefficient (Wildman–Crippen LogP) is 2.98. The highest BCUT2D eigenvalue weighted by Crippen LogP contribution is 2.22. The molecule has 0 aromatic heterocycles. The highest BCUT2D eigenvalue weighted by atomic mass is 16.2. The minimum atomic E-state index is 0.218. The Morgan fingerprint density at radius 1 is 1.04 bits per heavy atom. The van der Waals surface area contributed by atoms with E-state index in [-0.39, 0.29) is 5.91 Å². The second-order valence-electron chi connectivity index (χ2n) is 6.96. The van der Waals surface area contributed by atoms with E-state index in [4.69, 9.17) is 0 Å². The van der Waals surface area contributed by atoms with Crippen LogP contribution >= 0.6 is 0 Å². The zero-order chi connectivity index (χ0) is 19.1. The van der Waals surface area contributed by atoms with E-state index in [2.05, 4.69) is 58.9 Å². The molecule has 1 aliphatic heterocycles. The highest BCUT2D eigenvalue weighted by molar-refractivity contribution is 5.80. The summed E-state index contributed by atoms with van der Waals surface area (Å²) in [5, 5.41) is 6.59. The van der Waals surface area contributed by atoms with Crippen molar-refractivity contribution in [3.05, 3.63) is 70.8 Å². The number of carbonyl (C=O) groups is 1. The summed E-state index contributed by atoms with van der Waals surface area (Å²) in [5.74, 6) is 0.979. The van der Waals surface area contributed by atoms with Gasteiger partial charge in [0.15, 0.2) is 5.96 Å². The maximum atomic E-state index is 12.4. The maximum Gasteiger partial charge on any atom is 0.223 e. The molecule has 2 aromatic rings. The number of nitrogens with one attached hydrogen (secondary N) is 2. The molecule has 0 saturated heterocycles. The van der Waals surface area contributed by atoms with Crippen LogP contribution in [0, 0.1) is 6.92 Å². The van der Waals surface area contributed by atoms with Gasteiger partial charge in [-0.25, -0.2) is 0 Å². The smallest absolute Gasteiger partial charge is 0.223 e. The quantitative estimate of drug-likeness (QED) is 0.471. The average molecular weight is 364 g/mol. The van der Waals surface area contributed by atoms with Gasteiger partial charge in [0, 0.05) is 39.6 Å². The lowest BCUT2D eigenvalue weighted by atomic mass is 10.1. The molecule has 5 nitrogen and oxygen atoms in total. The van der Waals surface area contributed by atoms with Crippen LogP contribution in [-0.2, 0) is 24.4 Å². The van der Waals surface area contributed by atoms with Gasteiger partial charge in [-0.05, 0) is 30.0 Å². The van der Waals surface area contributed by atoms with E-state index in [1.165, 1.54) is 22.3 Å². The molecule has 0 spiro atoms. The van der Waals surface area contributed by atoms with Gasteiger partial charge in [0.25, 0.3) is 0 Å². The van der Waals surface area contributed by atoms with E-state index in [9.17, 15) is 4.79 Å². The van der Waals surface area contributed by atoms with Gasteiger partial charge in [-0.1, -0.05) is 54.1 Å². The minimum absolute atomic E-state index is 0.218.